The summed E-state index contributed by atoms with van der Waals surface area (Å²) < 4.78 is 0. The van der Waals surface area contributed by atoms with Crippen LogP contribution in [0.15, 0.2) is 0 Å². The number of rotatable bonds is 2. The van der Waals surface area contributed by atoms with E-state index in [-0.39, 0.29) is 11.9 Å². The third-order valence-electron chi connectivity index (χ3n) is 3.97. The molecule has 1 unspecified atom stereocenters. The van der Waals surface area contributed by atoms with Crippen molar-refractivity contribution in [3.05, 3.63) is 0 Å². The van der Waals surface area contributed by atoms with Crippen molar-refractivity contribution >= 4 is 5.91 Å². The number of carbonyl (C=O) groups is 1. The lowest BCUT2D eigenvalue weighted by Crippen LogP contribution is -2.45. The normalized spacial score (nSPS) is 32.2. The van der Waals surface area contributed by atoms with E-state index in [4.69, 9.17) is 0 Å². The number of nitrogens with zero attached hydrogens (tertiary/aromatic N) is 2. The summed E-state index contributed by atoms with van der Waals surface area (Å²) in [5.74, 6) is 0.977. The molecule has 2 saturated heterocycles. The number of carbonyl (C=O) groups excluding carboxylic acids is 1. The van der Waals surface area contributed by atoms with Crippen molar-refractivity contribution in [2.24, 2.45) is 5.92 Å². The summed E-state index contributed by atoms with van der Waals surface area (Å²) in [4.78, 5) is 15.9. The highest BCUT2D eigenvalue weighted by atomic mass is 16.2. The molecule has 0 aromatic rings. The van der Waals surface area contributed by atoms with E-state index in [0.717, 1.165) is 25.6 Å². The standard InChI is InChI=1S/C12H23N3O/c1-9(12(16)14(2)3)15-7-10-5-4-6-13-11(10)8-15/h9-11,13H,4-8H2,1-3H3/t9?,10-,11+/m0/s1. The topological polar surface area (TPSA) is 35.6 Å². The van der Waals surface area contributed by atoms with Crippen LogP contribution in [0.5, 0.6) is 0 Å². The van der Waals surface area contributed by atoms with E-state index in [1.165, 1.54) is 12.8 Å². The Morgan fingerprint density at radius 1 is 1.44 bits per heavy atom. The van der Waals surface area contributed by atoms with E-state index in [2.05, 4.69) is 10.2 Å². The van der Waals surface area contributed by atoms with E-state index in [0.29, 0.717) is 6.04 Å². The van der Waals surface area contributed by atoms with Crippen molar-refractivity contribution in [1.29, 1.82) is 0 Å². The Hall–Kier alpha value is -0.610. The van der Waals surface area contributed by atoms with Gasteiger partial charge in [0.15, 0.2) is 0 Å². The molecule has 0 bridgehead atoms. The lowest BCUT2D eigenvalue weighted by molar-refractivity contribution is -0.133. The van der Waals surface area contributed by atoms with Crippen LogP contribution in [0.2, 0.25) is 0 Å². The van der Waals surface area contributed by atoms with Crippen LogP contribution >= 0.6 is 0 Å². The van der Waals surface area contributed by atoms with Crippen LogP contribution in [0, 0.1) is 5.92 Å². The molecule has 1 N–H and O–H groups in total. The molecule has 0 aromatic carbocycles. The fourth-order valence-corrected chi connectivity index (χ4v) is 2.93. The van der Waals surface area contributed by atoms with Crippen molar-refractivity contribution in [1.82, 2.24) is 15.1 Å². The smallest absolute Gasteiger partial charge is 0.239 e. The molecule has 0 radical (unpaired) electrons. The molecule has 2 aliphatic rings. The molecule has 0 aliphatic carbocycles. The van der Waals surface area contributed by atoms with Crippen molar-refractivity contribution in [2.75, 3.05) is 33.7 Å². The maximum atomic E-state index is 11.9. The molecule has 16 heavy (non-hydrogen) atoms. The SMILES string of the molecule is CC(C(=O)N(C)C)N1C[C@@H]2CCCN[C@@H]2C1. The van der Waals surface area contributed by atoms with Gasteiger partial charge in [0, 0.05) is 33.2 Å². The summed E-state index contributed by atoms with van der Waals surface area (Å²) in [5.41, 5.74) is 0. The van der Waals surface area contributed by atoms with Gasteiger partial charge in [0.1, 0.15) is 0 Å². The van der Waals surface area contributed by atoms with Crippen LogP contribution in [0.25, 0.3) is 0 Å². The molecule has 2 heterocycles. The highest BCUT2D eigenvalue weighted by Crippen LogP contribution is 2.26. The minimum absolute atomic E-state index is 0.0300. The number of fused-ring (bicyclic) bond motifs is 1. The number of hydrogen-bond donors (Lipinski definition) is 1. The fourth-order valence-electron chi connectivity index (χ4n) is 2.93. The molecule has 4 nitrogen and oxygen atoms in total. The number of amides is 1. The van der Waals surface area contributed by atoms with Crippen LogP contribution < -0.4 is 5.32 Å². The maximum Gasteiger partial charge on any atom is 0.239 e. The predicted octanol–water partition coefficient (Wildman–Crippen LogP) is 0.147. The fraction of sp³-hybridized carbons (Fsp3) is 0.917. The summed E-state index contributed by atoms with van der Waals surface area (Å²) >= 11 is 0. The van der Waals surface area contributed by atoms with Gasteiger partial charge in [-0.3, -0.25) is 9.69 Å². The molecule has 3 atom stereocenters. The quantitative estimate of drug-likeness (QED) is 0.726. The maximum absolute atomic E-state index is 11.9. The van der Waals surface area contributed by atoms with Gasteiger partial charge in [-0.05, 0) is 32.2 Å². The molecule has 2 rings (SSSR count). The largest absolute Gasteiger partial charge is 0.347 e. The van der Waals surface area contributed by atoms with Gasteiger partial charge >= 0.3 is 0 Å². The Morgan fingerprint density at radius 3 is 2.81 bits per heavy atom. The Kier molecular flexibility index (Phi) is 3.50. The molecule has 4 heteroatoms. The number of likely N-dealkylation sites (tertiary alicyclic amines) is 1. The highest BCUT2D eigenvalue weighted by molar-refractivity contribution is 5.81. The van der Waals surface area contributed by atoms with Gasteiger partial charge in [-0.2, -0.15) is 0 Å². The summed E-state index contributed by atoms with van der Waals surface area (Å²) in [5, 5.41) is 3.57. The zero-order valence-corrected chi connectivity index (χ0v) is 10.6. The zero-order valence-electron chi connectivity index (χ0n) is 10.6. The summed E-state index contributed by atoms with van der Waals surface area (Å²) in [6, 6.07) is 0.647. The van der Waals surface area contributed by atoms with Gasteiger partial charge in [0.2, 0.25) is 5.91 Å². The van der Waals surface area contributed by atoms with Gasteiger partial charge in [0.25, 0.3) is 0 Å². The zero-order chi connectivity index (χ0) is 11.7. The lowest BCUT2D eigenvalue weighted by Gasteiger charge is -2.26. The second-order valence-electron chi connectivity index (χ2n) is 5.33. The molecule has 92 valence electrons. The Bertz CT molecular complexity index is 253. The van der Waals surface area contributed by atoms with Gasteiger partial charge in [-0.15, -0.1) is 0 Å². The first-order valence-corrected chi connectivity index (χ1v) is 6.28. The first-order chi connectivity index (χ1) is 7.59. The van der Waals surface area contributed by atoms with Crippen LogP contribution in [0.4, 0.5) is 0 Å². The Balaban J connectivity index is 1.94. The third kappa shape index (κ3) is 2.23. The number of likely N-dealkylation sites (N-methyl/N-ethyl adjacent to an activating group) is 1. The van der Waals surface area contributed by atoms with Gasteiger partial charge in [-0.1, -0.05) is 0 Å². The van der Waals surface area contributed by atoms with E-state index >= 15 is 0 Å². The van der Waals surface area contributed by atoms with Gasteiger partial charge in [0.05, 0.1) is 6.04 Å². The van der Waals surface area contributed by atoms with Crippen LogP contribution in [-0.2, 0) is 4.79 Å². The van der Waals surface area contributed by atoms with Crippen molar-refractivity contribution in [2.45, 2.75) is 31.8 Å². The van der Waals surface area contributed by atoms with Gasteiger partial charge < -0.3 is 10.2 Å². The summed E-state index contributed by atoms with van der Waals surface area (Å²) in [6.45, 7) is 5.29. The highest BCUT2D eigenvalue weighted by Gasteiger charge is 2.37. The van der Waals surface area contributed by atoms with Gasteiger partial charge in [-0.25, -0.2) is 0 Å². The molecule has 2 aliphatic heterocycles. The van der Waals surface area contributed by atoms with Crippen molar-refractivity contribution in [3.63, 3.8) is 0 Å². The monoisotopic (exact) mass is 225 g/mol. The lowest BCUT2D eigenvalue weighted by atomic mass is 9.94. The molecular weight excluding hydrogens is 202 g/mol. The number of nitrogens with one attached hydrogen (secondary N) is 1. The van der Waals surface area contributed by atoms with Crippen molar-refractivity contribution < 1.29 is 4.79 Å². The molecule has 1 amide bonds. The van der Waals surface area contributed by atoms with Crippen molar-refractivity contribution in [3.8, 4) is 0 Å². The molecule has 0 saturated carbocycles. The minimum Gasteiger partial charge on any atom is -0.347 e. The molecule has 0 spiro atoms. The molecule has 2 fully saturated rings. The average Bonchev–Trinajstić information content (AvgIpc) is 2.70. The molecular formula is C12H23N3O. The number of piperidine rings is 1. The third-order valence-corrected chi connectivity index (χ3v) is 3.97. The Labute approximate surface area is 98.0 Å². The second kappa shape index (κ2) is 4.72. The van der Waals surface area contributed by atoms with Crippen LogP contribution in [-0.4, -0.2) is 61.5 Å². The minimum atomic E-state index is 0.0300. The first-order valence-electron chi connectivity index (χ1n) is 6.28. The van der Waals surface area contributed by atoms with Crippen LogP contribution in [0.3, 0.4) is 0 Å². The summed E-state index contributed by atoms with van der Waals surface area (Å²) in [6.07, 6.45) is 2.60. The van der Waals surface area contributed by atoms with E-state index in [1.807, 2.05) is 21.0 Å². The average molecular weight is 225 g/mol. The van der Waals surface area contributed by atoms with E-state index in [1.54, 1.807) is 4.90 Å². The molecule has 0 aromatic heterocycles. The summed E-state index contributed by atoms with van der Waals surface area (Å²) in [7, 11) is 3.67. The Morgan fingerprint density at radius 2 is 2.19 bits per heavy atom. The van der Waals surface area contributed by atoms with E-state index < -0.39 is 0 Å². The van der Waals surface area contributed by atoms with E-state index in [9.17, 15) is 4.79 Å². The predicted molar refractivity (Wildman–Crippen MR) is 64.2 cm³/mol. The first kappa shape index (κ1) is 11.9. The second-order valence-corrected chi connectivity index (χ2v) is 5.33. The number of hydrogen-bond acceptors (Lipinski definition) is 3. The van der Waals surface area contributed by atoms with Crippen LogP contribution in [0.1, 0.15) is 19.8 Å².